The van der Waals surface area contributed by atoms with E-state index in [1.807, 2.05) is 29.4 Å². The number of nitrogens with zero attached hydrogens (tertiary/aromatic N) is 4. The number of rotatable bonds is 4. The first-order chi connectivity index (χ1) is 11.4. The molecule has 0 spiro atoms. The van der Waals surface area contributed by atoms with Crippen LogP contribution in [0.2, 0.25) is 0 Å². The van der Waals surface area contributed by atoms with Gasteiger partial charge >= 0.3 is 0 Å². The third kappa shape index (κ3) is 3.03. The van der Waals surface area contributed by atoms with Crippen molar-refractivity contribution in [3.05, 3.63) is 78.6 Å². The first-order valence-electron chi connectivity index (χ1n) is 8.12. The predicted octanol–water partition coefficient (Wildman–Crippen LogP) is 3.60. The Morgan fingerprint density at radius 1 is 1.04 bits per heavy atom. The topological polar surface area (TPSA) is 34.0 Å². The minimum absolute atomic E-state index is 0.449. The maximum absolute atomic E-state index is 4.55. The molecule has 1 saturated heterocycles. The Morgan fingerprint density at radius 3 is 2.70 bits per heavy atom. The van der Waals surface area contributed by atoms with Gasteiger partial charge in [-0.2, -0.15) is 0 Å². The van der Waals surface area contributed by atoms with E-state index in [1.54, 1.807) is 6.20 Å². The number of hydrogen-bond donors (Lipinski definition) is 0. The van der Waals surface area contributed by atoms with Crippen molar-refractivity contribution < 1.29 is 0 Å². The molecule has 1 aliphatic heterocycles. The van der Waals surface area contributed by atoms with Crippen LogP contribution in [0.1, 0.15) is 30.1 Å². The van der Waals surface area contributed by atoms with E-state index in [9.17, 15) is 0 Å². The van der Waals surface area contributed by atoms with E-state index in [2.05, 4.69) is 51.3 Å². The lowest BCUT2D eigenvalue weighted by atomic mass is 10.1. The number of hydrogen-bond acceptors (Lipinski definition) is 3. The van der Waals surface area contributed by atoms with Crippen LogP contribution in [-0.2, 0) is 6.54 Å². The molecule has 4 heteroatoms. The SMILES string of the molecule is c1ccc([C@@H]2CCCN2Cc2ccc(-n3ccnc3)cc2)nc1. The van der Waals surface area contributed by atoms with Gasteiger partial charge in [0.05, 0.1) is 18.1 Å². The van der Waals surface area contributed by atoms with Gasteiger partial charge in [-0.15, -0.1) is 0 Å². The summed E-state index contributed by atoms with van der Waals surface area (Å²) < 4.78 is 2.02. The van der Waals surface area contributed by atoms with Crippen molar-refractivity contribution in [2.45, 2.75) is 25.4 Å². The Hall–Kier alpha value is -2.46. The number of pyridine rings is 1. The first kappa shape index (κ1) is 14.2. The summed E-state index contributed by atoms with van der Waals surface area (Å²) in [6.45, 7) is 2.12. The highest BCUT2D eigenvalue weighted by Crippen LogP contribution is 2.31. The lowest BCUT2D eigenvalue weighted by Crippen LogP contribution is -2.23. The van der Waals surface area contributed by atoms with E-state index in [0.717, 1.165) is 18.8 Å². The van der Waals surface area contributed by atoms with E-state index in [-0.39, 0.29) is 0 Å². The molecule has 3 aromatic rings. The van der Waals surface area contributed by atoms with E-state index in [0.29, 0.717) is 6.04 Å². The van der Waals surface area contributed by atoms with Crippen molar-refractivity contribution in [1.82, 2.24) is 19.4 Å². The molecule has 2 aromatic heterocycles. The van der Waals surface area contributed by atoms with Gasteiger partial charge in [0, 0.05) is 30.8 Å². The van der Waals surface area contributed by atoms with E-state index < -0.39 is 0 Å². The van der Waals surface area contributed by atoms with Crippen molar-refractivity contribution in [3.8, 4) is 5.69 Å². The molecular formula is C19H20N4. The van der Waals surface area contributed by atoms with Crippen LogP contribution in [0.25, 0.3) is 5.69 Å². The summed E-state index contributed by atoms with van der Waals surface area (Å²) in [5.41, 5.74) is 3.69. The van der Waals surface area contributed by atoms with E-state index in [1.165, 1.54) is 24.1 Å². The number of likely N-dealkylation sites (tertiary alicyclic amines) is 1. The average Bonchev–Trinajstić information content (AvgIpc) is 3.28. The molecule has 4 rings (SSSR count). The molecule has 1 fully saturated rings. The lowest BCUT2D eigenvalue weighted by molar-refractivity contribution is 0.244. The zero-order chi connectivity index (χ0) is 15.5. The lowest BCUT2D eigenvalue weighted by Gasteiger charge is -2.24. The van der Waals surface area contributed by atoms with Gasteiger partial charge in [0.15, 0.2) is 0 Å². The molecular weight excluding hydrogens is 284 g/mol. The highest BCUT2D eigenvalue weighted by Gasteiger charge is 2.26. The van der Waals surface area contributed by atoms with E-state index in [4.69, 9.17) is 0 Å². The van der Waals surface area contributed by atoms with Gasteiger partial charge in [0.25, 0.3) is 0 Å². The second-order valence-corrected chi connectivity index (χ2v) is 6.02. The minimum Gasteiger partial charge on any atom is -0.306 e. The van der Waals surface area contributed by atoms with Gasteiger partial charge in [-0.05, 0) is 49.2 Å². The fourth-order valence-electron chi connectivity index (χ4n) is 3.34. The molecule has 0 N–H and O–H groups in total. The Bertz CT molecular complexity index is 735. The van der Waals surface area contributed by atoms with Crippen molar-refractivity contribution >= 4 is 0 Å². The summed E-state index contributed by atoms with van der Waals surface area (Å²) in [6.07, 6.45) is 9.93. The zero-order valence-corrected chi connectivity index (χ0v) is 13.0. The number of benzene rings is 1. The Kier molecular flexibility index (Phi) is 3.90. The molecule has 1 atom stereocenters. The standard InChI is InChI=1S/C19H20N4/c1-2-10-21-18(4-1)19-5-3-12-22(19)14-16-6-8-17(9-7-16)23-13-11-20-15-23/h1-2,4,6-11,13,15,19H,3,5,12,14H2/t19-/m0/s1. The second-order valence-electron chi connectivity index (χ2n) is 6.02. The average molecular weight is 304 g/mol. The number of imidazole rings is 1. The Morgan fingerprint density at radius 2 is 1.96 bits per heavy atom. The van der Waals surface area contributed by atoms with Crippen molar-refractivity contribution in [1.29, 1.82) is 0 Å². The van der Waals surface area contributed by atoms with Crippen LogP contribution >= 0.6 is 0 Å². The summed E-state index contributed by atoms with van der Waals surface area (Å²) in [5.74, 6) is 0. The smallest absolute Gasteiger partial charge is 0.0991 e. The van der Waals surface area contributed by atoms with Gasteiger partial charge in [0.1, 0.15) is 0 Å². The summed E-state index contributed by atoms with van der Waals surface area (Å²) >= 11 is 0. The monoisotopic (exact) mass is 304 g/mol. The van der Waals surface area contributed by atoms with Crippen LogP contribution in [0.5, 0.6) is 0 Å². The van der Waals surface area contributed by atoms with Crippen LogP contribution in [0.3, 0.4) is 0 Å². The maximum atomic E-state index is 4.55. The summed E-state index contributed by atoms with van der Waals surface area (Å²) in [6, 6.07) is 15.4. The quantitative estimate of drug-likeness (QED) is 0.738. The largest absolute Gasteiger partial charge is 0.306 e. The van der Waals surface area contributed by atoms with Crippen molar-refractivity contribution in [2.24, 2.45) is 0 Å². The molecule has 4 nitrogen and oxygen atoms in total. The Balaban J connectivity index is 1.49. The van der Waals surface area contributed by atoms with Gasteiger partial charge < -0.3 is 4.57 Å². The third-order valence-corrected chi connectivity index (χ3v) is 4.52. The molecule has 0 bridgehead atoms. The fraction of sp³-hybridized carbons (Fsp3) is 0.263. The molecule has 0 radical (unpaired) electrons. The second kappa shape index (κ2) is 6.34. The highest BCUT2D eigenvalue weighted by molar-refractivity contribution is 5.34. The summed E-state index contributed by atoms with van der Waals surface area (Å²) in [4.78, 5) is 11.2. The van der Waals surface area contributed by atoms with E-state index >= 15 is 0 Å². The van der Waals surface area contributed by atoms with Crippen LogP contribution < -0.4 is 0 Å². The van der Waals surface area contributed by atoms with Gasteiger partial charge in [0.2, 0.25) is 0 Å². The normalized spacial score (nSPS) is 18.3. The molecule has 116 valence electrons. The minimum atomic E-state index is 0.449. The molecule has 0 unspecified atom stereocenters. The first-order valence-corrected chi connectivity index (χ1v) is 8.12. The van der Waals surface area contributed by atoms with Crippen molar-refractivity contribution in [2.75, 3.05) is 6.54 Å². The van der Waals surface area contributed by atoms with Gasteiger partial charge in [-0.3, -0.25) is 9.88 Å². The van der Waals surface area contributed by atoms with Crippen LogP contribution in [-0.4, -0.2) is 26.0 Å². The highest BCUT2D eigenvalue weighted by atomic mass is 15.2. The van der Waals surface area contributed by atoms with Crippen LogP contribution in [0.15, 0.2) is 67.4 Å². The predicted molar refractivity (Wildman–Crippen MR) is 90.2 cm³/mol. The summed E-state index contributed by atoms with van der Waals surface area (Å²) in [5, 5.41) is 0. The van der Waals surface area contributed by atoms with Crippen molar-refractivity contribution in [3.63, 3.8) is 0 Å². The molecule has 0 saturated carbocycles. The fourth-order valence-corrected chi connectivity index (χ4v) is 3.34. The molecule has 0 aliphatic carbocycles. The number of aromatic nitrogens is 3. The molecule has 0 amide bonds. The van der Waals surface area contributed by atoms with Gasteiger partial charge in [-0.25, -0.2) is 4.98 Å². The molecule has 1 aromatic carbocycles. The molecule has 1 aliphatic rings. The summed E-state index contributed by atoms with van der Waals surface area (Å²) in [7, 11) is 0. The zero-order valence-electron chi connectivity index (χ0n) is 13.0. The van der Waals surface area contributed by atoms with Crippen LogP contribution in [0.4, 0.5) is 0 Å². The Labute approximate surface area is 136 Å². The van der Waals surface area contributed by atoms with Gasteiger partial charge in [-0.1, -0.05) is 18.2 Å². The molecule has 23 heavy (non-hydrogen) atoms. The van der Waals surface area contributed by atoms with Crippen LogP contribution in [0, 0.1) is 0 Å². The maximum Gasteiger partial charge on any atom is 0.0991 e. The third-order valence-electron chi connectivity index (χ3n) is 4.52. The molecule has 3 heterocycles.